The Bertz CT molecular complexity index is 616. The molecule has 0 aromatic rings. The van der Waals surface area contributed by atoms with E-state index in [1.54, 1.807) is 0 Å². The molecule has 0 aliphatic carbocycles. The van der Waals surface area contributed by atoms with Gasteiger partial charge in [-0.1, -0.05) is 0 Å². The number of hydrogen-bond donors (Lipinski definition) is 0. The van der Waals surface area contributed by atoms with Crippen LogP contribution in [0.4, 0.5) is 0 Å². The third-order valence-corrected chi connectivity index (χ3v) is 2.73. The van der Waals surface area contributed by atoms with E-state index in [4.69, 9.17) is 24.5 Å². The van der Waals surface area contributed by atoms with E-state index < -0.39 is 54.9 Å². The molecule has 0 aliphatic heterocycles. The van der Waals surface area contributed by atoms with Crippen LogP contribution in [0, 0.1) is 0 Å². The third kappa shape index (κ3) is 9.65. The van der Waals surface area contributed by atoms with E-state index in [1.807, 2.05) is 0 Å². The number of aldehydes is 1. The van der Waals surface area contributed by atoms with Crippen molar-refractivity contribution in [2.24, 2.45) is 5.28 Å². The second-order valence-corrected chi connectivity index (χ2v) is 4.98. The Morgan fingerprint density at radius 2 is 1.44 bits per heavy atom. The predicted molar refractivity (Wildman–Crippen MR) is 83.4 cm³/mol. The van der Waals surface area contributed by atoms with Gasteiger partial charge in [0.2, 0.25) is 6.10 Å². The molecule has 0 radical (unpaired) electrons. The van der Waals surface area contributed by atoms with E-state index in [0.29, 0.717) is 0 Å². The molecular formula is C14H19N3O10. The quantitative estimate of drug-likeness (QED) is 0.0897. The molecule has 13 nitrogen and oxygen atoms in total. The summed E-state index contributed by atoms with van der Waals surface area (Å²) in [5, 5.41) is 2.75. The van der Waals surface area contributed by atoms with E-state index in [1.165, 1.54) is 0 Å². The van der Waals surface area contributed by atoms with Crippen LogP contribution >= 0.6 is 0 Å². The van der Waals surface area contributed by atoms with Crippen molar-refractivity contribution in [3.63, 3.8) is 0 Å². The predicted octanol–water partition coefficient (Wildman–Crippen LogP) is 0.154. The molecule has 150 valence electrons. The number of carbonyl (C=O) groups excluding carboxylic acids is 5. The molecule has 0 aromatic heterocycles. The Kier molecular flexibility index (Phi) is 10.6. The minimum Gasteiger partial charge on any atom is -0.462 e. The average Bonchev–Trinajstić information content (AvgIpc) is 2.55. The zero-order valence-electron chi connectivity index (χ0n) is 15.0. The molecule has 27 heavy (non-hydrogen) atoms. The van der Waals surface area contributed by atoms with Gasteiger partial charge in [0.05, 0.1) is 0 Å². The summed E-state index contributed by atoms with van der Waals surface area (Å²) in [6.07, 6.45) is -6.37. The van der Waals surface area contributed by atoms with Gasteiger partial charge in [-0.2, -0.15) is 0 Å². The van der Waals surface area contributed by atoms with Crippen molar-refractivity contribution < 1.29 is 47.8 Å². The van der Waals surface area contributed by atoms with Gasteiger partial charge in [0.15, 0.2) is 24.6 Å². The molecule has 0 saturated heterocycles. The van der Waals surface area contributed by atoms with Gasteiger partial charge >= 0.3 is 23.9 Å². The molecule has 13 heteroatoms. The first-order valence-corrected chi connectivity index (χ1v) is 7.42. The first kappa shape index (κ1) is 23.7. The monoisotopic (exact) mass is 389 g/mol. The zero-order valence-corrected chi connectivity index (χ0v) is 15.0. The Labute approximate surface area is 153 Å². The van der Waals surface area contributed by atoms with Crippen LogP contribution in [0.2, 0.25) is 0 Å². The molecule has 0 rings (SSSR count). The zero-order chi connectivity index (χ0) is 21.0. The van der Waals surface area contributed by atoms with Crippen LogP contribution in [0.25, 0.3) is 10.4 Å². The Balaban J connectivity index is 5.99. The maximum atomic E-state index is 11.5. The standard InChI is InChI=1S/C14H19N3O10/c1-7(19)23-6-12(24-8(2)20)14(26-10(4)22)13(25-9(3)21)11(5-18)27-17-16-15/h5,11-14H,6H2,1-4H3/t11-,12+,13+,14-/m0/s1. The molecule has 0 saturated carbocycles. The van der Waals surface area contributed by atoms with Crippen LogP contribution in [0.15, 0.2) is 5.28 Å². The number of rotatable bonds is 11. The van der Waals surface area contributed by atoms with Gasteiger partial charge in [-0.3, -0.25) is 24.0 Å². The number of azide groups is 1. The summed E-state index contributed by atoms with van der Waals surface area (Å²) < 4.78 is 19.7. The molecule has 0 unspecified atom stereocenters. The lowest BCUT2D eigenvalue weighted by Crippen LogP contribution is -2.52. The van der Waals surface area contributed by atoms with Gasteiger partial charge in [-0.05, 0) is 5.53 Å². The van der Waals surface area contributed by atoms with Gasteiger partial charge in [-0.15, -0.1) is 0 Å². The maximum absolute atomic E-state index is 11.5. The van der Waals surface area contributed by atoms with Gasteiger partial charge < -0.3 is 23.8 Å². The Hall–Kier alpha value is -3.34. The van der Waals surface area contributed by atoms with Crippen molar-refractivity contribution in [1.29, 1.82) is 0 Å². The molecule has 0 amide bonds. The highest BCUT2D eigenvalue weighted by molar-refractivity contribution is 5.69. The summed E-state index contributed by atoms with van der Waals surface area (Å²) in [4.78, 5) is 63.5. The Morgan fingerprint density at radius 1 is 0.926 bits per heavy atom. The Morgan fingerprint density at radius 3 is 1.85 bits per heavy atom. The molecule has 0 fully saturated rings. The molecule has 0 heterocycles. The van der Waals surface area contributed by atoms with E-state index in [0.717, 1.165) is 27.7 Å². The number of ether oxygens (including phenoxy) is 4. The normalized spacial score (nSPS) is 14.2. The highest BCUT2D eigenvalue weighted by Crippen LogP contribution is 2.19. The number of esters is 4. The number of nitrogens with zero attached hydrogens (tertiary/aromatic N) is 3. The summed E-state index contributed by atoms with van der Waals surface area (Å²) in [6.45, 7) is 3.50. The third-order valence-electron chi connectivity index (χ3n) is 2.73. The van der Waals surface area contributed by atoms with Crippen molar-refractivity contribution >= 4 is 30.2 Å². The van der Waals surface area contributed by atoms with Crippen LogP contribution < -0.4 is 0 Å². The highest BCUT2D eigenvalue weighted by atomic mass is 16.7. The van der Waals surface area contributed by atoms with Crippen molar-refractivity contribution in [1.82, 2.24) is 0 Å². The van der Waals surface area contributed by atoms with Crippen molar-refractivity contribution in [3.8, 4) is 0 Å². The second-order valence-electron chi connectivity index (χ2n) is 4.98. The molecular weight excluding hydrogens is 370 g/mol. The van der Waals surface area contributed by atoms with Crippen LogP contribution in [0.3, 0.4) is 0 Å². The summed E-state index contributed by atoms with van der Waals surface area (Å²) in [5.41, 5.74) is 8.33. The van der Waals surface area contributed by atoms with Crippen LogP contribution in [0.1, 0.15) is 27.7 Å². The van der Waals surface area contributed by atoms with Crippen molar-refractivity contribution in [2.75, 3.05) is 6.61 Å². The van der Waals surface area contributed by atoms with Gasteiger partial charge in [0.25, 0.3) is 0 Å². The number of carbonyl (C=O) groups is 5. The average molecular weight is 389 g/mol. The molecule has 0 bridgehead atoms. The van der Waals surface area contributed by atoms with Crippen LogP contribution in [0.5, 0.6) is 0 Å². The van der Waals surface area contributed by atoms with Crippen LogP contribution in [-0.2, 0) is 47.8 Å². The lowest BCUT2D eigenvalue weighted by atomic mass is 10.0. The fraction of sp³-hybridized carbons (Fsp3) is 0.643. The fourth-order valence-electron chi connectivity index (χ4n) is 1.91. The van der Waals surface area contributed by atoms with Gasteiger partial charge in [-0.25, -0.2) is 0 Å². The van der Waals surface area contributed by atoms with Crippen molar-refractivity contribution in [2.45, 2.75) is 52.1 Å². The summed E-state index contributed by atoms with van der Waals surface area (Å²) in [5.74, 6) is -3.40. The minimum atomic E-state index is -1.72. The SMILES string of the molecule is CC(=O)OC[C@@H](OC(C)=O)[C@H](OC(C)=O)[C@H](OC(C)=O)[C@H](C=O)ON=[N+]=[N-]. The fourth-order valence-corrected chi connectivity index (χ4v) is 1.91. The second kappa shape index (κ2) is 12.1. The number of hydrogen-bond acceptors (Lipinski definition) is 11. The van der Waals surface area contributed by atoms with Crippen LogP contribution in [-0.4, -0.2) is 61.2 Å². The molecule has 0 N–H and O–H groups in total. The summed E-state index contributed by atoms with van der Waals surface area (Å²) in [7, 11) is 0. The lowest BCUT2D eigenvalue weighted by Gasteiger charge is -2.33. The van der Waals surface area contributed by atoms with E-state index in [-0.39, 0.29) is 6.29 Å². The molecule has 0 spiro atoms. The maximum Gasteiger partial charge on any atom is 0.303 e. The van der Waals surface area contributed by atoms with E-state index in [9.17, 15) is 24.0 Å². The first-order chi connectivity index (χ1) is 12.6. The molecule has 4 atom stereocenters. The summed E-state index contributed by atoms with van der Waals surface area (Å²) >= 11 is 0. The summed E-state index contributed by atoms with van der Waals surface area (Å²) in [6, 6.07) is 0. The van der Waals surface area contributed by atoms with E-state index >= 15 is 0 Å². The smallest absolute Gasteiger partial charge is 0.303 e. The van der Waals surface area contributed by atoms with Crippen molar-refractivity contribution in [3.05, 3.63) is 10.4 Å². The lowest BCUT2D eigenvalue weighted by molar-refractivity contribution is -0.200. The molecule has 0 aliphatic rings. The first-order valence-electron chi connectivity index (χ1n) is 7.42. The topological polar surface area (TPSA) is 180 Å². The largest absolute Gasteiger partial charge is 0.462 e. The highest BCUT2D eigenvalue weighted by Gasteiger charge is 2.43. The van der Waals surface area contributed by atoms with Gasteiger partial charge in [0, 0.05) is 32.6 Å². The molecule has 0 aromatic carbocycles. The van der Waals surface area contributed by atoms with Gasteiger partial charge in [0.1, 0.15) is 11.9 Å². The minimum absolute atomic E-state index is 0.120. The van der Waals surface area contributed by atoms with E-state index in [2.05, 4.69) is 15.0 Å².